The molecule has 0 fully saturated rings. The van der Waals surface area contributed by atoms with Crippen molar-refractivity contribution in [1.82, 2.24) is 5.32 Å². The number of hydrogen-bond donors (Lipinski definition) is 2. The predicted molar refractivity (Wildman–Crippen MR) is 70.3 cm³/mol. The van der Waals surface area contributed by atoms with Gasteiger partial charge in [0.2, 0.25) is 0 Å². The van der Waals surface area contributed by atoms with Crippen molar-refractivity contribution in [2.75, 3.05) is 20.2 Å². The summed E-state index contributed by atoms with van der Waals surface area (Å²) in [5.41, 5.74) is 8.38. The molecule has 3 N–H and O–H groups in total. The number of fused-ring (bicyclic) bond motifs is 1. The molecule has 1 aromatic rings. The van der Waals surface area contributed by atoms with Crippen molar-refractivity contribution in [3.05, 3.63) is 29.3 Å². The van der Waals surface area contributed by atoms with Crippen LogP contribution in [0, 0.1) is 5.92 Å². The van der Waals surface area contributed by atoms with Crippen molar-refractivity contribution in [2.45, 2.75) is 25.8 Å². The van der Waals surface area contributed by atoms with Gasteiger partial charge in [0.05, 0.1) is 6.61 Å². The van der Waals surface area contributed by atoms with Gasteiger partial charge in [0.15, 0.2) is 0 Å². The number of rotatable bonds is 5. The van der Waals surface area contributed by atoms with Crippen LogP contribution in [-0.2, 0) is 6.42 Å². The Morgan fingerprint density at radius 2 is 2.29 bits per heavy atom. The number of benzene rings is 1. The van der Waals surface area contributed by atoms with E-state index in [4.69, 9.17) is 10.5 Å². The molecule has 0 saturated carbocycles. The lowest BCUT2D eigenvalue weighted by Crippen LogP contribution is -2.22. The zero-order valence-electron chi connectivity index (χ0n) is 10.7. The number of hydrogen-bond acceptors (Lipinski definition) is 3. The molecule has 0 aromatic heterocycles. The summed E-state index contributed by atoms with van der Waals surface area (Å²) in [6.45, 7) is 3.76. The second-order valence-corrected chi connectivity index (χ2v) is 4.88. The van der Waals surface area contributed by atoms with Crippen molar-refractivity contribution in [3.63, 3.8) is 0 Å². The van der Waals surface area contributed by atoms with E-state index in [0.717, 1.165) is 31.7 Å². The molecule has 3 nitrogen and oxygen atoms in total. The molecule has 0 radical (unpaired) electrons. The van der Waals surface area contributed by atoms with E-state index in [0.29, 0.717) is 12.0 Å². The van der Waals surface area contributed by atoms with Crippen molar-refractivity contribution in [1.29, 1.82) is 0 Å². The summed E-state index contributed by atoms with van der Waals surface area (Å²) < 4.78 is 5.53. The standard InChI is InChI=1S/C14H22N2O/c1-10(9-15)7-13(16-2)11-3-4-14-12(8-11)5-6-17-14/h3-4,8,10,13,16H,5-7,9,15H2,1-2H3. The van der Waals surface area contributed by atoms with Crippen LogP contribution >= 0.6 is 0 Å². The summed E-state index contributed by atoms with van der Waals surface area (Å²) in [5.74, 6) is 1.59. The highest BCUT2D eigenvalue weighted by atomic mass is 16.5. The second kappa shape index (κ2) is 5.52. The first-order chi connectivity index (χ1) is 8.24. The van der Waals surface area contributed by atoms with Gasteiger partial charge in [-0.1, -0.05) is 19.1 Å². The molecule has 1 aliphatic rings. The van der Waals surface area contributed by atoms with E-state index in [1.807, 2.05) is 7.05 Å². The molecule has 2 unspecified atom stereocenters. The molecular weight excluding hydrogens is 212 g/mol. The summed E-state index contributed by atoms with van der Waals surface area (Å²) >= 11 is 0. The van der Waals surface area contributed by atoms with E-state index < -0.39 is 0 Å². The molecule has 0 bridgehead atoms. The van der Waals surface area contributed by atoms with Crippen LogP contribution in [0.5, 0.6) is 5.75 Å². The Balaban J connectivity index is 2.14. The Morgan fingerprint density at radius 1 is 1.47 bits per heavy atom. The normalized spacial score (nSPS) is 17.4. The van der Waals surface area contributed by atoms with Gasteiger partial charge in [-0.05, 0) is 43.1 Å². The molecule has 1 aliphatic heterocycles. The van der Waals surface area contributed by atoms with Crippen molar-refractivity contribution < 1.29 is 4.74 Å². The van der Waals surface area contributed by atoms with Crippen LogP contribution in [-0.4, -0.2) is 20.2 Å². The molecule has 0 amide bonds. The molecule has 2 rings (SSSR count). The van der Waals surface area contributed by atoms with Gasteiger partial charge < -0.3 is 15.8 Å². The van der Waals surface area contributed by atoms with Gasteiger partial charge in [0.1, 0.15) is 5.75 Å². The van der Waals surface area contributed by atoms with E-state index in [1.165, 1.54) is 11.1 Å². The zero-order chi connectivity index (χ0) is 12.3. The molecule has 0 aliphatic carbocycles. The molecular formula is C14H22N2O. The van der Waals surface area contributed by atoms with Gasteiger partial charge in [-0.2, -0.15) is 0 Å². The van der Waals surface area contributed by atoms with Crippen LogP contribution in [0.25, 0.3) is 0 Å². The highest BCUT2D eigenvalue weighted by molar-refractivity contribution is 5.40. The minimum absolute atomic E-state index is 0.388. The summed E-state index contributed by atoms with van der Waals surface area (Å²) in [6, 6.07) is 6.91. The second-order valence-electron chi connectivity index (χ2n) is 4.88. The fourth-order valence-corrected chi connectivity index (χ4v) is 2.34. The first-order valence-corrected chi connectivity index (χ1v) is 6.37. The van der Waals surface area contributed by atoms with Gasteiger partial charge in [-0.25, -0.2) is 0 Å². The Morgan fingerprint density at radius 3 is 3.00 bits per heavy atom. The third kappa shape index (κ3) is 2.79. The Labute approximate surface area is 103 Å². The van der Waals surface area contributed by atoms with Crippen LogP contribution in [0.1, 0.15) is 30.5 Å². The average molecular weight is 234 g/mol. The van der Waals surface area contributed by atoms with E-state index in [-0.39, 0.29) is 0 Å². The van der Waals surface area contributed by atoms with Crippen molar-refractivity contribution in [3.8, 4) is 5.75 Å². The first-order valence-electron chi connectivity index (χ1n) is 6.37. The first kappa shape index (κ1) is 12.4. The molecule has 1 aromatic carbocycles. The fourth-order valence-electron chi connectivity index (χ4n) is 2.34. The smallest absolute Gasteiger partial charge is 0.122 e. The van der Waals surface area contributed by atoms with Crippen LogP contribution in [0.4, 0.5) is 0 Å². The highest BCUT2D eigenvalue weighted by Gasteiger charge is 2.17. The van der Waals surface area contributed by atoms with E-state index in [2.05, 4.69) is 30.4 Å². The summed E-state index contributed by atoms with van der Waals surface area (Å²) in [7, 11) is 2.01. The molecule has 17 heavy (non-hydrogen) atoms. The van der Waals surface area contributed by atoms with E-state index in [1.54, 1.807) is 0 Å². The van der Waals surface area contributed by atoms with Crippen LogP contribution < -0.4 is 15.8 Å². The molecule has 0 saturated heterocycles. The SMILES string of the molecule is CNC(CC(C)CN)c1ccc2c(c1)CCO2. The largest absolute Gasteiger partial charge is 0.493 e. The Hall–Kier alpha value is -1.06. The van der Waals surface area contributed by atoms with Gasteiger partial charge in [-0.3, -0.25) is 0 Å². The topological polar surface area (TPSA) is 47.3 Å². The third-order valence-electron chi connectivity index (χ3n) is 3.50. The molecule has 94 valence electrons. The average Bonchev–Trinajstić information content (AvgIpc) is 2.82. The van der Waals surface area contributed by atoms with Gasteiger partial charge in [-0.15, -0.1) is 0 Å². The van der Waals surface area contributed by atoms with Crippen molar-refractivity contribution >= 4 is 0 Å². The quantitative estimate of drug-likeness (QED) is 0.817. The fraction of sp³-hybridized carbons (Fsp3) is 0.571. The van der Waals surface area contributed by atoms with Gasteiger partial charge >= 0.3 is 0 Å². The maximum atomic E-state index is 5.70. The minimum Gasteiger partial charge on any atom is -0.493 e. The van der Waals surface area contributed by atoms with Gasteiger partial charge in [0.25, 0.3) is 0 Å². The van der Waals surface area contributed by atoms with Gasteiger partial charge in [0, 0.05) is 12.5 Å². The molecule has 3 heteroatoms. The van der Waals surface area contributed by atoms with Crippen LogP contribution in [0.3, 0.4) is 0 Å². The van der Waals surface area contributed by atoms with E-state index in [9.17, 15) is 0 Å². The maximum Gasteiger partial charge on any atom is 0.122 e. The Kier molecular flexibility index (Phi) is 4.02. The molecule has 0 spiro atoms. The third-order valence-corrected chi connectivity index (χ3v) is 3.50. The number of ether oxygens (including phenoxy) is 1. The lowest BCUT2D eigenvalue weighted by molar-refractivity contribution is 0.356. The monoisotopic (exact) mass is 234 g/mol. The summed E-state index contributed by atoms with van der Waals surface area (Å²) in [6.07, 6.45) is 2.11. The molecule has 1 heterocycles. The summed E-state index contributed by atoms with van der Waals surface area (Å²) in [4.78, 5) is 0. The van der Waals surface area contributed by atoms with Crippen LogP contribution in [0.2, 0.25) is 0 Å². The number of nitrogens with one attached hydrogen (secondary N) is 1. The zero-order valence-corrected chi connectivity index (χ0v) is 10.7. The summed E-state index contributed by atoms with van der Waals surface area (Å²) in [5, 5.41) is 3.38. The predicted octanol–water partition coefficient (Wildman–Crippen LogP) is 1.87. The van der Waals surface area contributed by atoms with E-state index >= 15 is 0 Å². The maximum absolute atomic E-state index is 5.70. The minimum atomic E-state index is 0.388. The van der Waals surface area contributed by atoms with Crippen LogP contribution in [0.15, 0.2) is 18.2 Å². The lowest BCUT2D eigenvalue weighted by Gasteiger charge is -2.20. The lowest BCUT2D eigenvalue weighted by atomic mass is 9.94. The Bertz CT molecular complexity index is 378. The molecule has 2 atom stereocenters. The van der Waals surface area contributed by atoms with Crippen molar-refractivity contribution in [2.24, 2.45) is 11.7 Å². The highest BCUT2D eigenvalue weighted by Crippen LogP contribution is 2.29. The number of nitrogens with two attached hydrogens (primary N) is 1.